The van der Waals surface area contributed by atoms with Crippen LogP contribution in [0.3, 0.4) is 0 Å². The Bertz CT molecular complexity index is 949. The van der Waals surface area contributed by atoms with Crippen molar-refractivity contribution in [1.29, 1.82) is 0 Å². The number of hydrogen-bond donors (Lipinski definition) is 2. The smallest absolute Gasteiger partial charge is 0.272 e. The lowest BCUT2D eigenvalue weighted by molar-refractivity contribution is 0.0861. The second-order valence-corrected chi connectivity index (χ2v) is 6.92. The number of benzene rings is 2. The molecule has 6 nitrogen and oxygen atoms in total. The van der Waals surface area contributed by atoms with Crippen molar-refractivity contribution in [3.8, 4) is 11.4 Å². The van der Waals surface area contributed by atoms with Crippen LogP contribution in [-0.2, 0) is 0 Å². The Morgan fingerprint density at radius 2 is 1.76 bits per heavy atom. The number of aliphatic hydroxyl groups excluding tert-OH is 1. The number of nitrogens with one attached hydrogen (secondary N) is 1. The summed E-state index contributed by atoms with van der Waals surface area (Å²) in [6.45, 7) is 6.52. The average Bonchev–Trinajstić information content (AvgIpc) is 3.10. The molecule has 0 aliphatic heterocycles. The fourth-order valence-corrected chi connectivity index (χ4v) is 3.61. The summed E-state index contributed by atoms with van der Waals surface area (Å²) >= 11 is 0. The molecule has 0 saturated heterocycles. The van der Waals surface area contributed by atoms with Gasteiger partial charge in [0.15, 0.2) is 11.4 Å². The topological polar surface area (TPSA) is 66.7 Å². The molecular formula is C23H29N3O3. The highest BCUT2D eigenvalue weighted by Crippen LogP contribution is 2.35. The van der Waals surface area contributed by atoms with Crippen molar-refractivity contribution in [2.45, 2.75) is 20.0 Å². The van der Waals surface area contributed by atoms with Gasteiger partial charge in [-0.25, -0.2) is 0 Å². The fourth-order valence-electron chi connectivity index (χ4n) is 3.61. The Kier molecular flexibility index (Phi) is 6.90. The quantitative estimate of drug-likeness (QED) is 0.584. The van der Waals surface area contributed by atoms with E-state index in [1.807, 2.05) is 59.2 Å². The molecule has 0 aliphatic rings. The van der Waals surface area contributed by atoms with E-state index >= 15 is 0 Å². The number of likely N-dealkylation sites (N-methyl/N-ethyl adjacent to an activating group) is 1. The highest BCUT2D eigenvalue weighted by molar-refractivity contribution is 6.05. The summed E-state index contributed by atoms with van der Waals surface area (Å²) in [5.74, 6) is 0.251. The lowest BCUT2D eigenvalue weighted by atomic mass is 10.2. The van der Waals surface area contributed by atoms with Gasteiger partial charge in [-0.05, 0) is 37.4 Å². The van der Waals surface area contributed by atoms with E-state index in [9.17, 15) is 9.90 Å². The molecule has 1 unspecified atom stereocenters. The SMILES string of the molecule is CCN(CC)CC(O)CNC(=O)c1c(OC)c2ccccc2n1-c1ccccc1. The number of hydrogen-bond acceptors (Lipinski definition) is 4. The molecule has 1 aromatic heterocycles. The number of aliphatic hydroxyl groups is 1. The van der Waals surface area contributed by atoms with Gasteiger partial charge in [0.1, 0.15) is 0 Å². The normalized spacial score (nSPS) is 12.3. The zero-order valence-corrected chi connectivity index (χ0v) is 17.3. The zero-order chi connectivity index (χ0) is 20.8. The lowest BCUT2D eigenvalue weighted by Crippen LogP contribution is -2.40. The van der Waals surface area contributed by atoms with Gasteiger partial charge in [0, 0.05) is 24.2 Å². The van der Waals surface area contributed by atoms with Gasteiger partial charge in [-0.2, -0.15) is 0 Å². The number of aromatic nitrogens is 1. The van der Waals surface area contributed by atoms with E-state index in [4.69, 9.17) is 4.74 Å². The van der Waals surface area contributed by atoms with E-state index in [0.29, 0.717) is 18.0 Å². The number of methoxy groups -OCH3 is 1. The van der Waals surface area contributed by atoms with Crippen molar-refractivity contribution in [2.75, 3.05) is 33.3 Å². The second-order valence-electron chi connectivity index (χ2n) is 6.92. The van der Waals surface area contributed by atoms with Crippen LogP contribution in [-0.4, -0.2) is 59.9 Å². The zero-order valence-electron chi connectivity index (χ0n) is 17.3. The number of carbonyl (C=O) groups is 1. The molecule has 0 bridgehead atoms. The Morgan fingerprint density at radius 3 is 2.41 bits per heavy atom. The summed E-state index contributed by atoms with van der Waals surface area (Å²) in [7, 11) is 1.57. The molecule has 1 amide bonds. The summed E-state index contributed by atoms with van der Waals surface area (Å²) in [5.41, 5.74) is 2.19. The molecule has 0 fully saturated rings. The molecule has 0 aliphatic carbocycles. The van der Waals surface area contributed by atoms with Crippen molar-refractivity contribution in [3.05, 3.63) is 60.3 Å². The summed E-state index contributed by atoms with van der Waals surface area (Å²) in [5, 5.41) is 14.1. The Hall–Kier alpha value is -2.83. The van der Waals surface area contributed by atoms with Crippen molar-refractivity contribution in [2.24, 2.45) is 0 Å². The number of nitrogens with zero attached hydrogens (tertiary/aromatic N) is 2. The van der Waals surface area contributed by atoms with Gasteiger partial charge >= 0.3 is 0 Å². The third-order valence-electron chi connectivity index (χ3n) is 5.12. The van der Waals surface area contributed by atoms with E-state index in [1.54, 1.807) is 7.11 Å². The summed E-state index contributed by atoms with van der Waals surface area (Å²) < 4.78 is 7.54. The van der Waals surface area contributed by atoms with Crippen LogP contribution in [0.1, 0.15) is 24.3 Å². The van der Waals surface area contributed by atoms with Gasteiger partial charge in [0.2, 0.25) is 0 Å². The standard InChI is InChI=1S/C23H29N3O3/c1-4-25(5-2)16-18(27)15-24-23(28)21-22(29-3)19-13-9-10-14-20(19)26(21)17-11-7-6-8-12-17/h6-14,18,27H,4-5,15-16H2,1-3H3,(H,24,28). The molecule has 2 aromatic carbocycles. The van der Waals surface area contributed by atoms with Crippen LogP contribution < -0.4 is 10.1 Å². The number of para-hydroxylation sites is 2. The molecule has 2 N–H and O–H groups in total. The predicted octanol–water partition coefficient (Wildman–Crippen LogP) is 3.07. The number of carbonyl (C=O) groups excluding carboxylic acids is 1. The molecule has 1 heterocycles. The third-order valence-corrected chi connectivity index (χ3v) is 5.12. The molecular weight excluding hydrogens is 366 g/mol. The summed E-state index contributed by atoms with van der Waals surface area (Å²) in [6.07, 6.45) is -0.639. The van der Waals surface area contributed by atoms with Crippen LogP contribution >= 0.6 is 0 Å². The fraction of sp³-hybridized carbons (Fsp3) is 0.348. The van der Waals surface area contributed by atoms with Crippen LogP contribution in [0.25, 0.3) is 16.6 Å². The third kappa shape index (κ3) is 4.44. The molecule has 0 spiro atoms. The van der Waals surface area contributed by atoms with Gasteiger partial charge in [0.25, 0.3) is 5.91 Å². The first kappa shape index (κ1) is 20.9. The van der Waals surface area contributed by atoms with Crippen molar-refractivity contribution < 1.29 is 14.6 Å². The maximum Gasteiger partial charge on any atom is 0.272 e. The molecule has 0 radical (unpaired) electrons. The number of rotatable bonds is 9. The summed E-state index contributed by atoms with van der Waals surface area (Å²) in [6, 6.07) is 17.5. The number of fused-ring (bicyclic) bond motifs is 1. The van der Waals surface area contributed by atoms with E-state index in [-0.39, 0.29) is 12.5 Å². The van der Waals surface area contributed by atoms with E-state index < -0.39 is 6.10 Å². The first-order chi connectivity index (χ1) is 14.1. The van der Waals surface area contributed by atoms with E-state index in [0.717, 1.165) is 29.7 Å². The predicted molar refractivity (Wildman–Crippen MR) is 116 cm³/mol. The molecule has 3 rings (SSSR count). The van der Waals surface area contributed by atoms with Crippen LogP contribution in [0.2, 0.25) is 0 Å². The van der Waals surface area contributed by atoms with Crippen LogP contribution in [0.5, 0.6) is 5.75 Å². The molecule has 1 atom stereocenters. The molecule has 6 heteroatoms. The van der Waals surface area contributed by atoms with Crippen molar-refractivity contribution >= 4 is 16.8 Å². The maximum atomic E-state index is 13.2. The minimum atomic E-state index is -0.639. The Labute approximate surface area is 171 Å². The van der Waals surface area contributed by atoms with Crippen LogP contribution in [0.4, 0.5) is 0 Å². The minimum absolute atomic E-state index is 0.175. The van der Waals surface area contributed by atoms with Crippen LogP contribution in [0.15, 0.2) is 54.6 Å². The Morgan fingerprint density at radius 1 is 1.10 bits per heavy atom. The van der Waals surface area contributed by atoms with E-state index in [1.165, 1.54) is 0 Å². The maximum absolute atomic E-state index is 13.2. The van der Waals surface area contributed by atoms with E-state index in [2.05, 4.69) is 24.1 Å². The highest BCUT2D eigenvalue weighted by atomic mass is 16.5. The van der Waals surface area contributed by atoms with Gasteiger partial charge < -0.3 is 24.6 Å². The number of amides is 1. The largest absolute Gasteiger partial charge is 0.494 e. The average molecular weight is 396 g/mol. The highest BCUT2D eigenvalue weighted by Gasteiger charge is 2.25. The van der Waals surface area contributed by atoms with Gasteiger partial charge in [-0.15, -0.1) is 0 Å². The molecule has 0 saturated carbocycles. The first-order valence-corrected chi connectivity index (χ1v) is 10.0. The first-order valence-electron chi connectivity index (χ1n) is 10.0. The second kappa shape index (κ2) is 9.58. The van der Waals surface area contributed by atoms with Gasteiger partial charge in [-0.3, -0.25) is 4.79 Å². The van der Waals surface area contributed by atoms with Gasteiger partial charge in [0.05, 0.1) is 18.7 Å². The molecule has 3 aromatic rings. The Balaban J connectivity index is 1.94. The minimum Gasteiger partial charge on any atom is -0.494 e. The molecule has 154 valence electrons. The molecule has 29 heavy (non-hydrogen) atoms. The van der Waals surface area contributed by atoms with Crippen molar-refractivity contribution in [1.82, 2.24) is 14.8 Å². The van der Waals surface area contributed by atoms with Gasteiger partial charge in [-0.1, -0.05) is 44.2 Å². The summed E-state index contributed by atoms with van der Waals surface area (Å²) in [4.78, 5) is 15.3. The monoisotopic (exact) mass is 395 g/mol. The van der Waals surface area contributed by atoms with Crippen molar-refractivity contribution in [3.63, 3.8) is 0 Å². The lowest BCUT2D eigenvalue weighted by Gasteiger charge is -2.22. The van der Waals surface area contributed by atoms with Crippen LogP contribution in [0, 0.1) is 0 Å². The number of ether oxygens (including phenoxy) is 1.